The molecule has 0 saturated heterocycles. The molecular weight excluding hydrogens is 322 g/mol. The van der Waals surface area contributed by atoms with Crippen molar-refractivity contribution in [2.24, 2.45) is 5.92 Å². The van der Waals surface area contributed by atoms with Crippen LogP contribution in [0.2, 0.25) is 0 Å². The van der Waals surface area contributed by atoms with E-state index < -0.39 is 10.0 Å². The third kappa shape index (κ3) is 3.02. The molecule has 1 heterocycles. The lowest BCUT2D eigenvalue weighted by atomic mass is 10.1. The van der Waals surface area contributed by atoms with Gasteiger partial charge in [0.2, 0.25) is 10.0 Å². The van der Waals surface area contributed by atoms with E-state index in [1.807, 2.05) is 19.9 Å². The maximum atomic E-state index is 13.4. The second-order valence-corrected chi connectivity index (χ2v) is 8.21. The van der Waals surface area contributed by atoms with Gasteiger partial charge in [-0.05, 0) is 56.4 Å². The lowest BCUT2D eigenvalue weighted by Gasteiger charge is -2.29. The van der Waals surface area contributed by atoms with Gasteiger partial charge in [-0.1, -0.05) is 6.07 Å². The first-order valence-electron chi connectivity index (χ1n) is 8.20. The Kier molecular flexibility index (Phi) is 4.57. The first-order chi connectivity index (χ1) is 11.5. The Labute approximate surface area is 143 Å². The summed E-state index contributed by atoms with van der Waals surface area (Å²) in [6.07, 6.45) is 3.96. The average molecular weight is 343 g/mol. The second kappa shape index (κ2) is 6.50. The molecule has 1 aromatic carbocycles. The molecule has 0 radical (unpaired) electrons. The minimum absolute atomic E-state index is 0.0883. The van der Waals surface area contributed by atoms with Crippen LogP contribution >= 0.6 is 0 Å². The zero-order valence-electron chi connectivity index (χ0n) is 13.9. The lowest BCUT2D eigenvalue weighted by molar-refractivity contribution is 0.314. The molecule has 3 rings (SSSR count). The van der Waals surface area contributed by atoms with E-state index in [-0.39, 0.29) is 19.0 Å². The highest BCUT2D eigenvalue weighted by atomic mass is 32.2. The van der Waals surface area contributed by atoms with Gasteiger partial charge in [-0.3, -0.25) is 4.98 Å². The molecule has 126 valence electrons. The number of nitriles is 1. The number of pyridine rings is 1. The van der Waals surface area contributed by atoms with E-state index in [1.165, 1.54) is 4.31 Å². The number of aromatic nitrogens is 1. The van der Waals surface area contributed by atoms with Crippen LogP contribution in [0.4, 0.5) is 0 Å². The van der Waals surface area contributed by atoms with Crippen LogP contribution in [0, 0.1) is 24.2 Å². The Bertz CT molecular complexity index is 898. The van der Waals surface area contributed by atoms with Crippen molar-refractivity contribution in [1.82, 2.24) is 9.29 Å². The van der Waals surface area contributed by atoms with E-state index >= 15 is 0 Å². The van der Waals surface area contributed by atoms with Gasteiger partial charge in [-0.2, -0.15) is 9.57 Å². The molecule has 0 unspecified atom stereocenters. The molecule has 1 saturated carbocycles. The summed E-state index contributed by atoms with van der Waals surface area (Å²) in [6, 6.07) is 9.17. The SMILES string of the molecule is Cc1ccc2ncccc2c1S(=O)(=O)N(CCC#N)[C@@H](C)C1CC1. The normalized spacial score (nSPS) is 16.2. The summed E-state index contributed by atoms with van der Waals surface area (Å²) in [5, 5.41) is 9.57. The molecule has 0 spiro atoms. The Balaban J connectivity index is 2.14. The Morgan fingerprint density at radius 1 is 1.38 bits per heavy atom. The molecule has 0 amide bonds. The fourth-order valence-electron chi connectivity index (χ4n) is 3.21. The van der Waals surface area contributed by atoms with E-state index in [0.29, 0.717) is 27.3 Å². The molecule has 0 bridgehead atoms. The van der Waals surface area contributed by atoms with Gasteiger partial charge in [-0.15, -0.1) is 0 Å². The van der Waals surface area contributed by atoms with E-state index in [4.69, 9.17) is 5.26 Å². The molecule has 2 aromatic rings. The van der Waals surface area contributed by atoms with Gasteiger partial charge >= 0.3 is 0 Å². The predicted molar refractivity (Wildman–Crippen MR) is 92.8 cm³/mol. The molecule has 5 nitrogen and oxygen atoms in total. The molecular formula is C18H21N3O2S. The van der Waals surface area contributed by atoms with Crippen LogP contribution in [0.5, 0.6) is 0 Å². The number of hydrogen-bond acceptors (Lipinski definition) is 4. The summed E-state index contributed by atoms with van der Waals surface area (Å²) in [6.45, 7) is 3.99. The maximum Gasteiger partial charge on any atom is 0.244 e. The zero-order valence-corrected chi connectivity index (χ0v) is 14.8. The van der Waals surface area contributed by atoms with Crippen molar-refractivity contribution in [1.29, 1.82) is 5.26 Å². The first-order valence-corrected chi connectivity index (χ1v) is 9.64. The third-order valence-corrected chi connectivity index (χ3v) is 6.89. The monoisotopic (exact) mass is 343 g/mol. The van der Waals surface area contributed by atoms with E-state index in [9.17, 15) is 8.42 Å². The molecule has 1 atom stereocenters. The van der Waals surface area contributed by atoms with Crippen LogP contribution in [0.3, 0.4) is 0 Å². The van der Waals surface area contributed by atoms with Gasteiger partial charge in [0.05, 0.1) is 16.5 Å². The van der Waals surface area contributed by atoms with Crippen LogP contribution in [-0.4, -0.2) is 30.3 Å². The fraction of sp³-hybridized carbons (Fsp3) is 0.444. The standard InChI is InChI=1S/C18H21N3O2S/c1-13-6-9-17-16(5-3-11-20-17)18(13)24(22,23)21(12-4-10-19)14(2)15-7-8-15/h3,5-6,9,11,14-15H,4,7-8,12H2,1-2H3/t14-/m0/s1. The molecule has 6 heteroatoms. The van der Waals surface area contributed by atoms with Crippen molar-refractivity contribution >= 4 is 20.9 Å². The summed E-state index contributed by atoms with van der Waals surface area (Å²) >= 11 is 0. The fourth-order valence-corrected chi connectivity index (χ4v) is 5.31. The Hall–Kier alpha value is -1.97. The maximum absolute atomic E-state index is 13.4. The van der Waals surface area contributed by atoms with Crippen molar-refractivity contribution < 1.29 is 8.42 Å². The van der Waals surface area contributed by atoms with Crippen molar-refractivity contribution in [3.05, 3.63) is 36.0 Å². The molecule has 1 aliphatic carbocycles. The van der Waals surface area contributed by atoms with Crippen molar-refractivity contribution in [2.75, 3.05) is 6.54 Å². The lowest BCUT2D eigenvalue weighted by Crippen LogP contribution is -2.40. The van der Waals surface area contributed by atoms with Crippen molar-refractivity contribution in [3.8, 4) is 6.07 Å². The van der Waals surface area contributed by atoms with Gasteiger partial charge in [-0.25, -0.2) is 8.42 Å². The van der Waals surface area contributed by atoms with Gasteiger partial charge in [0.15, 0.2) is 0 Å². The van der Waals surface area contributed by atoms with E-state index in [2.05, 4.69) is 11.1 Å². The number of nitrogens with zero attached hydrogens (tertiary/aromatic N) is 3. The molecule has 1 aromatic heterocycles. The third-order valence-electron chi connectivity index (χ3n) is 4.70. The van der Waals surface area contributed by atoms with Crippen LogP contribution in [-0.2, 0) is 10.0 Å². The first kappa shape index (κ1) is 16.9. The minimum Gasteiger partial charge on any atom is -0.256 e. The van der Waals surface area contributed by atoms with Crippen LogP contribution in [0.25, 0.3) is 10.9 Å². The highest BCUT2D eigenvalue weighted by Crippen LogP contribution is 2.38. The number of rotatable bonds is 6. The largest absolute Gasteiger partial charge is 0.256 e. The Morgan fingerprint density at radius 2 is 2.12 bits per heavy atom. The van der Waals surface area contributed by atoms with Crippen molar-refractivity contribution in [2.45, 2.75) is 44.0 Å². The highest BCUT2D eigenvalue weighted by Gasteiger charge is 2.39. The molecule has 0 aliphatic heterocycles. The summed E-state index contributed by atoms with van der Waals surface area (Å²) in [5.41, 5.74) is 1.38. The van der Waals surface area contributed by atoms with E-state index in [1.54, 1.807) is 24.4 Å². The number of benzene rings is 1. The number of sulfonamides is 1. The summed E-state index contributed by atoms with van der Waals surface area (Å²) in [7, 11) is -3.69. The zero-order chi connectivity index (χ0) is 17.3. The number of fused-ring (bicyclic) bond motifs is 1. The quantitative estimate of drug-likeness (QED) is 0.807. The molecule has 1 fully saturated rings. The molecule has 1 aliphatic rings. The van der Waals surface area contributed by atoms with Gasteiger partial charge in [0, 0.05) is 30.6 Å². The van der Waals surface area contributed by atoms with E-state index in [0.717, 1.165) is 12.8 Å². The van der Waals surface area contributed by atoms with Gasteiger partial charge < -0.3 is 0 Å². The van der Waals surface area contributed by atoms with Gasteiger partial charge in [0.25, 0.3) is 0 Å². The smallest absolute Gasteiger partial charge is 0.244 e. The predicted octanol–water partition coefficient (Wildman–Crippen LogP) is 3.25. The summed E-state index contributed by atoms with van der Waals surface area (Å²) in [5.74, 6) is 0.395. The highest BCUT2D eigenvalue weighted by molar-refractivity contribution is 7.89. The van der Waals surface area contributed by atoms with Crippen LogP contribution < -0.4 is 0 Å². The summed E-state index contributed by atoms with van der Waals surface area (Å²) in [4.78, 5) is 4.59. The van der Waals surface area contributed by atoms with Gasteiger partial charge in [0.1, 0.15) is 0 Å². The van der Waals surface area contributed by atoms with Crippen LogP contribution in [0.1, 0.15) is 31.7 Å². The topological polar surface area (TPSA) is 74.1 Å². The number of hydrogen-bond donors (Lipinski definition) is 0. The van der Waals surface area contributed by atoms with Crippen molar-refractivity contribution in [3.63, 3.8) is 0 Å². The molecule has 24 heavy (non-hydrogen) atoms. The average Bonchev–Trinajstić information content (AvgIpc) is 3.39. The molecule has 0 N–H and O–H groups in total. The second-order valence-electron chi connectivity index (χ2n) is 6.38. The number of aryl methyl sites for hydroxylation is 1. The minimum atomic E-state index is -3.69. The summed E-state index contributed by atoms with van der Waals surface area (Å²) < 4.78 is 28.4. The Morgan fingerprint density at radius 3 is 2.79 bits per heavy atom. The van der Waals surface area contributed by atoms with Crippen LogP contribution in [0.15, 0.2) is 35.4 Å².